The average molecular weight is 426 g/mol. The zero-order valence-corrected chi connectivity index (χ0v) is 17.1. The summed E-state index contributed by atoms with van der Waals surface area (Å²) in [5, 5.41) is 0. The molecule has 1 aliphatic rings. The van der Waals surface area contributed by atoms with Crippen molar-refractivity contribution in [2.24, 2.45) is 0 Å². The van der Waals surface area contributed by atoms with Crippen molar-refractivity contribution >= 4 is 0 Å². The van der Waals surface area contributed by atoms with Gasteiger partial charge in [-0.25, -0.2) is 8.78 Å². The Hall–Kier alpha value is -3.19. The number of benzene rings is 2. The first-order valence-electron chi connectivity index (χ1n) is 10.3. The van der Waals surface area contributed by atoms with Crippen LogP contribution in [-0.4, -0.2) is 35.7 Å². The van der Waals surface area contributed by atoms with Crippen LogP contribution in [0.3, 0.4) is 0 Å². The van der Waals surface area contributed by atoms with Crippen molar-refractivity contribution in [3.63, 3.8) is 0 Å². The molecule has 0 aliphatic carbocycles. The predicted octanol–water partition coefficient (Wildman–Crippen LogP) is 4.17. The van der Waals surface area contributed by atoms with Gasteiger partial charge in [-0.1, -0.05) is 0 Å². The Morgan fingerprint density at radius 2 is 1.55 bits per heavy atom. The highest BCUT2D eigenvalue weighted by atomic mass is 19.1. The molecule has 162 valence electrons. The Morgan fingerprint density at radius 3 is 2.23 bits per heavy atom. The van der Waals surface area contributed by atoms with Crippen LogP contribution in [0.5, 0.6) is 11.5 Å². The Bertz CT molecular complexity index is 1060. The summed E-state index contributed by atoms with van der Waals surface area (Å²) in [5.74, 6) is -0.249. The third-order valence-electron chi connectivity index (χ3n) is 5.21. The highest BCUT2D eigenvalue weighted by Crippen LogP contribution is 2.17. The van der Waals surface area contributed by atoms with Crippen LogP contribution in [0.2, 0.25) is 0 Å². The van der Waals surface area contributed by atoms with Gasteiger partial charge in [0.15, 0.2) is 0 Å². The number of nitrogens with zero attached hydrogens (tertiary/aromatic N) is 2. The maximum atomic E-state index is 13.3. The molecule has 3 aromatic rings. The van der Waals surface area contributed by atoms with E-state index in [0.717, 1.165) is 31.5 Å². The molecule has 2 aromatic carbocycles. The van der Waals surface area contributed by atoms with E-state index in [2.05, 4.69) is 4.90 Å². The molecule has 31 heavy (non-hydrogen) atoms. The van der Waals surface area contributed by atoms with Crippen LogP contribution in [0.25, 0.3) is 5.69 Å². The standard InChI is InChI=1S/C24H24F2N2O3/c25-19-13-18(14-20(26)15-19)17-31-23-7-10-28(24(29)16-23)21-3-5-22(6-4-21)30-12-11-27-8-1-2-9-27/h3-7,10,13-16H,1-2,8-9,11-12,17H2. The summed E-state index contributed by atoms with van der Waals surface area (Å²) in [6.07, 6.45) is 4.13. The minimum atomic E-state index is -0.669. The molecule has 0 saturated carbocycles. The van der Waals surface area contributed by atoms with E-state index in [1.54, 1.807) is 12.3 Å². The van der Waals surface area contributed by atoms with E-state index in [-0.39, 0.29) is 12.2 Å². The van der Waals surface area contributed by atoms with Crippen molar-refractivity contribution in [2.75, 3.05) is 26.2 Å². The smallest absolute Gasteiger partial charge is 0.258 e. The van der Waals surface area contributed by atoms with Gasteiger partial charge >= 0.3 is 0 Å². The molecule has 0 bridgehead atoms. The molecule has 5 nitrogen and oxygen atoms in total. The van der Waals surface area contributed by atoms with E-state index >= 15 is 0 Å². The van der Waals surface area contributed by atoms with E-state index in [9.17, 15) is 13.6 Å². The van der Waals surface area contributed by atoms with Crippen molar-refractivity contribution in [2.45, 2.75) is 19.4 Å². The average Bonchev–Trinajstić information content (AvgIpc) is 3.26. The Labute approximate surface area is 179 Å². The number of hydrogen-bond acceptors (Lipinski definition) is 4. The normalized spacial score (nSPS) is 14.0. The van der Waals surface area contributed by atoms with Gasteiger partial charge in [0.1, 0.15) is 36.3 Å². The molecule has 0 radical (unpaired) electrons. The second-order valence-electron chi connectivity index (χ2n) is 7.53. The summed E-state index contributed by atoms with van der Waals surface area (Å²) in [6.45, 7) is 3.81. The van der Waals surface area contributed by atoms with Crippen molar-refractivity contribution in [3.8, 4) is 17.2 Å². The molecule has 0 amide bonds. The van der Waals surface area contributed by atoms with Crippen LogP contribution in [-0.2, 0) is 6.61 Å². The summed E-state index contributed by atoms with van der Waals surface area (Å²) < 4.78 is 39.3. The molecule has 1 aromatic heterocycles. The molecule has 1 aliphatic heterocycles. The summed E-state index contributed by atoms with van der Waals surface area (Å²) in [7, 11) is 0. The van der Waals surface area contributed by atoms with Gasteiger partial charge in [-0.3, -0.25) is 14.3 Å². The second kappa shape index (κ2) is 9.75. The van der Waals surface area contributed by atoms with Crippen molar-refractivity contribution in [1.82, 2.24) is 9.47 Å². The van der Waals surface area contributed by atoms with Gasteiger partial charge in [-0.15, -0.1) is 0 Å². The van der Waals surface area contributed by atoms with Crippen LogP contribution in [0, 0.1) is 11.6 Å². The lowest BCUT2D eigenvalue weighted by atomic mass is 10.2. The van der Waals surface area contributed by atoms with Crippen LogP contribution < -0.4 is 15.0 Å². The number of likely N-dealkylation sites (tertiary alicyclic amines) is 1. The van der Waals surface area contributed by atoms with Crippen molar-refractivity contribution < 1.29 is 18.3 Å². The molecule has 0 spiro atoms. The lowest BCUT2D eigenvalue weighted by Crippen LogP contribution is -2.25. The van der Waals surface area contributed by atoms with E-state index < -0.39 is 11.6 Å². The second-order valence-corrected chi connectivity index (χ2v) is 7.53. The largest absolute Gasteiger partial charge is 0.492 e. The van der Waals surface area contributed by atoms with E-state index in [4.69, 9.17) is 9.47 Å². The highest BCUT2D eigenvalue weighted by Gasteiger charge is 2.11. The molecule has 2 heterocycles. The lowest BCUT2D eigenvalue weighted by molar-refractivity contribution is 0.238. The van der Waals surface area contributed by atoms with Crippen LogP contribution in [0.1, 0.15) is 18.4 Å². The Morgan fingerprint density at radius 1 is 0.839 bits per heavy atom. The third-order valence-corrected chi connectivity index (χ3v) is 5.21. The summed E-state index contributed by atoms with van der Waals surface area (Å²) in [6, 6.07) is 13.5. The summed E-state index contributed by atoms with van der Waals surface area (Å²) >= 11 is 0. The van der Waals surface area contributed by atoms with Crippen LogP contribution >= 0.6 is 0 Å². The Balaban J connectivity index is 1.35. The van der Waals surface area contributed by atoms with Crippen molar-refractivity contribution in [1.29, 1.82) is 0 Å². The number of rotatable bonds is 8. The number of aromatic nitrogens is 1. The molecule has 7 heteroatoms. The van der Waals surface area contributed by atoms with Crippen LogP contribution in [0.15, 0.2) is 65.6 Å². The maximum absolute atomic E-state index is 13.3. The van der Waals surface area contributed by atoms with Crippen molar-refractivity contribution in [3.05, 3.63) is 88.3 Å². The molecule has 0 N–H and O–H groups in total. The van der Waals surface area contributed by atoms with Gasteiger partial charge in [0.2, 0.25) is 0 Å². The SMILES string of the molecule is O=c1cc(OCc2cc(F)cc(F)c2)ccn1-c1ccc(OCCN2CCCC2)cc1. The fourth-order valence-electron chi connectivity index (χ4n) is 3.63. The first-order chi connectivity index (χ1) is 15.1. The molecule has 0 atom stereocenters. The highest BCUT2D eigenvalue weighted by molar-refractivity contribution is 5.38. The molecular weight excluding hydrogens is 402 g/mol. The number of hydrogen-bond donors (Lipinski definition) is 0. The molecular formula is C24H24F2N2O3. The predicted molar refractivity (Wildman–Crippen MR) is 114 cm³/mol. The number of halogens is 2. The zero-order chi connectivity index (χ0) is 21.6. The monoisotopic (exact) mass is 426 g/mol. The van der Waals surface area contributed by atoms with E-state index in [0.29, 0.717) is 23.6 Å². The molecule has 4 rings (SSSR count). The third kappa shape index (κ3) is 5.70. The number of pyridine rings is 1. The summed E-state index contributed by atoms with van der Waals surface area (Å²) in [4.78, 5) is 14.9. The van der Waals surface area contributed by atoms with Gasteiger partial charge in [-0.05, 0) is 74.0 Å². The topological polar surface area (TPSA) is 43.7 Å². The summed E-state index contributed by atoms with van der Waals surface area (Å²) in [5.41, 5.74) is 0.781. The zero-order valence-electron chi connectivity index (χ0n) is 17.1. The van der Waals surface area contributed by atoms with Gasteiger partial charge in [0.25, 0.3) is 5.56 Å². The fourth-order valence-corrected chi connectivity index (χ4v) is 3.63. The van der Waals surface area contributed by atoms with Gasteiger partial charge in [0, 0.05) is 30.6 Å². The molecule has 1 fully saturated rings. The fraction of sp³-hybridized carbons (Fsp3) is 0.292. The first kappa shape index (κ1) is 21.1. The van der Waals surface area contributed by atoms with E-state index in [1.807, 2.05) is 24.3 Å². The lowest BCUT2D eigenvalue weighted by Gasteiger charge is -2.15. The number of ether oxygens (including phenoxy) is 2. The van der Waals surface area contributed by atoms with Gasteiger partial charge < -0.3 is 9.47 Å². The van der Waals surface area contributed by atoms with E-state index in [1.165, 1.54) is 35.6 Å². The Kier molecular flexibility index (Phi) is 6.62. The van der Waals surface area contributed by atoms with Crippen LogP contribution in [0.4, 0.5) is 8.78 Å². The minimum absolute atomic E-state index is 0.0401. The first-order valence-corrected chi connectivity index (χ1v) is 10.3. The van der Waals surface area contributed by atoms with Gasteiger partial charge in [0.05, 0.1) is 0 Å². The van der Waals surface area contributed by atoms with Gasteiger partial charge in [-0.2, -0.15) is 0 Å². The maximum Gasteiger partial charge on any atom is 0.258 e. The molecule has 0 unspecified atom stereocenters. The minimum Gasteiger partial charge on any atom is -0.492 e. The molecule has 1 saturated heterocycles. The quantitative estimate of drug-likeness (QED) is 0.542.